The number of carboxylic acid groups (broad SMARTS) is 1. The summed E-state index contributed by atoms with van der Waals surface area (Å²) in [4.78, 5) is 27.7. The predicted octanol–water partition coefficient (Wildman–Crippen LogP) is 3.77. The third kappa shape index (κ3) is 8.27. The van der Waals surface area contributed by atoms with E-state index in [1.807, 2.05) is 24.3 Å². The van der Waals surface area contributed by atoms with Gasteiger partial charge in [-0.05, 0) is 66.8 Å². The molecule has 0 spiro atoms. The van der Waals surface area contributed by atoms with Crippen LogP contribution in [-0.4, -0.2) is 43.0 Å². The zero-order valence-corrected chi connectivity index (χ0v) is 21.3. The van der Waals surface area contributed by atoms with Crippen molar-refractivity contribution in [3.8, 4) is 11.1 Å². The summed E-state index contributed by atoms with van der Waals surface area (Å²) < 4.78 is 28.7. The molecule has 0 aliphatic carbocycles. The number of halogens is 1. The molecule has 0 fully saturated rings. The first-order chi connectivity index (χ1) is 16.7. The van der Waals surface area contributed by atoms with Gasteiger partial charge in [0.15, 0.2) is 0 Å². The Balaban J connectivity index is 1.49. The number of aliphatic carboxylic acids is 1. The number of carboxylic acids is 1. The van der Waals surface area contributed by atoms with Gasteiger partial charge in [0.25, 0.3) is 0 Å². The van der Waals surface area contributed by atoms with Crippen LogP contribution in [0.4, 0.5) is 0 Å². The quantitative estimate of drug-likeness (QED) is 0.290. The number of hydrogen-bond acceptors (Lipinski definition) is 5. The van der Waals surface area contributed by atoms with Crippen LogP contribution in [-0.2, 0) is 26.0 Å². The number of unbranched alkanes of at least 4 members (excludes halogenated alkanes) is 1. The Morgan fingerprint density at radius 2 is 1.60 bits per heavy atom. The van der Waals surface area contributed by atoms with Crippen molar-refractivity contribution in [2.24, 2.45) is 0 Å². The highest BCUT2D eigenvalue weighted by atomic mass is 79.9. The van der Waals surface area contributed by atoms with Crippen molar-refractivity contribution in [2.75, 3.05) is 6.54 Å². The highest BCUT2D eigenvalue weighted by Gasteiger charge is 2.25. The first kappa shape index (κ1) is 26.5. The molecule has 2 aromatic carbocycles. The Hall–Kier alpha value is -3.08. The Morgan fingerprint density at radius 3 is 2.20 bits per heavy atom. The summed E-state index contributed by atoms with van der Waals surface area (Å²) in [6.45, 7) is 0.363. The molecule has 1 unspecified atom stereocenters. The molecule has 1 aromatic heterocycles. The maximum absolute atomic E-state index is 12.7. The molecule has 1 amide bonds. The molecular weight excluding hydrogens is 534 g/mol. The van der Waals surface area contributed by atoms with E-state index in [1.165, 1.54) is 12.1 Å². The SMILES string of the molecule is O=C(Cc1ccccn1)NCCCCC(NS(=O)(=O)c1ccc(-c2ccc(Br)cc2)cc1)C(=O)O. The van der Waals surface area contributed by atoms with Crippen LogP contribution < -0.4 is 10.0 Å². The number of aromatic nitrogens is 1. The number of amides is 1. The van der Waals surface area contributed by atoms with Gasteiger partial charge in [0.1, 0.15) is 6.04 Å². The number of carbonyl (C=O) groups excluding carboxylic acids is 1. The van der Waals surface area contributed by atoms with Crippen molar-refractivity contribution >= 4 is 37.8 Å². The zero-order valence-electron chi connectivity index (χ0n) is 18.9. The van der Waals surface area contributed by atoms with Gasteiger partial charge in [0.2, 0.25) is 15.9 Å². The molecule has 0 saturated carbocycles. The second kappa shape index (κ2) is 12.6. The standard InChI is InChI=1S/C25H26BrN3O5S/c26-20-11-7-18(8-12-20)19-9-13-22(14-10-19)35(33,34)29-23(25(31)32)6-2-4-16-28-24(30)17-21-5-1-3-15-27-21/h1,3,5,7-15,23,29H,2,4,6,16-17H2,(H,28,30)(H,31,32). The van der Waals surface area contributed by atoms with Crippen LogP contribution in [0.3, 0.4) is 0 Å². The number of hydrogen-bond donors (Lipinski definition) is 3. The average Bonchev–Trinajstić information content (AvgIpc) is 2.84. The fourth-order valence-corrected chi connectivity index (χ4v) is 4.88. The number of benzene rings is 2. The Morgan fingerprint density at radius 1 is 0.943 bits per heavy atom. The van der Waals surface area contributed by atoms with Crippen LogP contribution in [0.1, 0.15) is 25.0 Å². The lowest BCUT2D eigenvalue weighted by molar-refractivity contribution is -0.139. The van der Waals surface area contributed by atoms with Gasteiger partial charge in [0, 0.05) is 22.9 Å². The Kier molecular flexibility index (Phi) is 9.53. The van der Waals surface area contributed by atoms with Crippen LogP contribution in [0.25, 0.3) is 11.1 Å². The minimum absolute atomic E-state index is 0.00797. The first-order valence-corrected chi connectivity index (χ1v) is 13.3. The van der Waals surface area contributed by atoms with E-state index < -0.39 is 22.0 Å². The molecule has 0 saturated heterocycles. The van der Waals surface area contributed by atoms with E-state index in [0.717, 1.165) is 15.6 Å². The van der Waals surface area contributed by atoms with E-state index in [-0.39, 0.29) is 23.6 Å². The second-order valence-corrected chi connectivity index (χ2v) is 10.5. The third-order valence-corrected chi connectivity index (χ3v) is 7.26. The minimum atomic E-state index is -4.02. The molecular formula is C25H26BrN3O5S. The maximum Gasteiger partial charge on any atom is 0.321 e. The van der Waals surface area contributed by atoms with Crippen molar-refractivity contribution in [3.05, 3.63) is 83.1 Å². The second-order valence-electron chi connectivity index (χ2n) is 7.89. The molecule has 0 radical (unpaired) electrons. The summed E-state index contributed by atoms with van der Waals surface area (Å²) >= 11 is 3.38. The van der Waals surface area contributed by atoms with Gasteiger partial charge in [0.05, 0.1) is 11.3 Å². The van der Waals surface area contributed by atoms with Crippen LogP contribution in [0.15, 0.2) is 82.3 Å². The van der Waals surface area contributed by atoms with Gasteiger partial charge >= 0.3 is 5.97 Å². The molecule has 35 heavy (non-hydrogen) atoms. The van der Waals surface area contributed by atoms with E-state index >= 15 is 0 Å². The van der Waals surface area contributed by atoms with E-state index in [0.29, 0.717) is 25.1 Å². The van der Waals surface area contributed by atoms with E-state index in [9.17, 15) is 23.1 Å². The van der Waals surface area contributed by atoms with Crippen LogP contribution in [0.2, 0.25) is 0 Å². The lowest BCUT2D eigenvalue weighted by atomic mass is 10.1. The van der Waals surface area contributed by atoms with Crippen LogP contribution in [0.5, 0.6) is 0 Å². The summed E-state index contributed by atoms with van der Waals surface area (Å²) in [5.74, 6) is -1.43. The molecule has 0 aliphatic heterocycles. The molecule has 3 rings (SSSR count). The van der Waals surface area contributed by atoms with Crippen molar-refractivity contribution in [1.29, 1.82) is 0 Å². The maximum atomic E-state index is 12.7. The molecule has 8 nitrogen and oxygen atoms in total. The van der Waals surface area contributed by atoms with Crippen LogP contribution >= 0.6 is 15.9 Å². The van der Waals surface area contributed by atoms with Crippen LogP contribution in [0, 0.1) is 0 Å². The molecule has 0 aliphatic rings. The molecule has 0 bridgehead atoms. The highest BCUT2D eigenvalue weighted by molar-refractivity contribution is 9.10. The van der Waals surface area contributed by atoms with E-state index in [4.69, 9.17) is 0 Å². The number of rotatable bonds is 12. The van der Waals surface area contributed by atoms with Crippen molar-refractivity contribution in [1.82, 2.24) is 15.0 Å². The van der Waals surface area contributed by atoms with Gasteiger partial charge in [-0.2, -0.15) is 4.72 Å². The van der Waals surface area contributed by atoms with E-state index in [2.05, 4.69) is 31.0 Å². The molecule has 3 N–H and O–H groups in total. The lowest BCUT2D eigenvalue weighted by Crippen LogP contribution is -2.40. The number of pyridine rings is 1. The zero-order chi connectivity index (χ0) is 25.3. The van der Waals surface area contributed by atoms with Gasteiger partial charge < -0.3 is 10.4 Å². The number of carbonyl (C=O) groups is 2. The Labute approximate surface area is 213 Å². The summed E-state index contributed by atoms with van der Waals surface area (Å²) in [5.41, 5.74) is 2.44. The number of nitrogens with zero attached hydrogens (tertiary/aromatic N) is 1. The minimum Gasteiger partial charge on any atom is -0.480 e. The molecule has 184 valence electrons. The smallest absolute Gasteiger partial charge is 0.321 e. The molecule has 3 aromatic rings. The summed E-state index contributed by atoms with van der Waals surface area (Å²) in [7, 11) is -4.02. The average molecular weight is 560 g/mol. The molecule has 1 heterocycles. The van der Waals surface area contributed by atoms with Gasteiger partial charge in [-0.15, -0.1) is 0 Å². The molecule has 10 heteroatoms. The van der Waals surface area contributed by atoms with E-state index in [1.54, 1.807) is 36.5 Å². The van der Waals surface area contributed by atoms with Crippen molar-refractivity contribution < 1.29 is 23.1 Å². The van der Waals surface area contributed by atoms with Gasteiger partial charge in [-0.1, -0.05) is 46.3 Å². The van der Waals surface area contributed by atoms with Crippen molar-refractivity contribution in [2.45, 2.75) is 36.6 Å². The topological polar surface area (TPSA) is 125 Å². The Bertz CT molecular complexity index is 1230. The number of nitrogens with one attached hydrogen (secondary N) is 2. The summed E-state index contributed by atoms with van der Waals surface area (Å²) in [5, 5.41) is 12.3. The molecule has 1 atom stereocenters. The normalized spacial score (nSPS) is 12.1. The fourth-order valence-electron chi connectivity index (χ4n) is 3.39. The predicted molar refractivity (Wildman–Crippen MR) is 136 cm³/mol. The fraction of sp³-hybridized carbons (Fsp3) is 0.240. The largest absolute Gasteiger partial charge is 0.480 e. The van der Waals surface area contributed by atoms with Crippen molar-refractivity contribution in [3.63, 3.8) is 0 Å². The lowest BCUT2D eigenvalue weighted by Gasteiger charge is -2.15. The van der Waals surface area contributed by atoms with Gasteiger partial charge in [-0.3, -0.25) is 14.6 Å². The summed E-state index contributed by atoms with van der Waals surface area (Å²) in [6.07, 6.45) is 2.82. The monoisotopic (exact) mass is 559 g/mol. The first-order valence-electron chi connectivity index (χ1n) is 11.0. The third-order valence-electron chi connectivity index (χ3n) is 5.25. The number of sulfonamides is 1. The highest BCUT2D eigenvalue weighted by Crippen LogP contribution is 2.23. The summed E-state index contributed by atoms with van der Waals surface area (Å²) in [6, 6.07) is 17.9. The van der Waals surface area contributed by atoms with Gasteiger partial charge in [-0.25, -0.2) is 8.42 Å².